The van der Waals surface area contributed by atoms with Crippen molar-refractivity contribution in [1.29, 1.82) is 0 Å². The number of benzene rings is 1. The van der Waals surface area contributed by atoms with Gasteiger partial charge in [0.15, 0.2) is 11.4 Å². The predicted molar refractivity (Wildman–Crippen MR) is 90.1 cm³/mol. The van der Waals surface area contributed by atoms with E-state index in [-0.39, 0.29) is 17.6 Å². The van der Waals surface area contributed by atoms with Crippen LogP contribution in [-0.2, 0) is 10.5 Å². The molecule has 1 unspecified atom stereocenters. The summed E-state index contributed by atoms with van der Waals surface area (Å²) in [6.07, 6.45) is 3.99. The Labute approximate surface area is 143 Å². The second-order valence-corrected chi connectivity index (χ2v) is 6.61. The Morgan fingerprint density at radius 2 is 2.17 bits per heavy atom. The molecule has 1 aliphatic heterocycles. The van der Waals surface area contributed by atoms with Gasteiger partial charge in [-0.25, -0.2) is 4.98 Å². The molecule has 0 radical (unpaired) electrons. The molecule has 23 heavy (non-hydrogen) atoms. The number of hydrogen-bond donors (Lipinski definition) is 1. The number of aromatic nitrogens is 2. The number of hydrogen-bond acceptors (Lipinski definition) is 5. The second-order valence-electron chi connectivity index (χ2n) is 5.21. The largest absolute Gasteiger partial charge is 0.458 e. The van der Waals surface area contributed by atoms with E-state index in [1.807, 2.05) is 24.3 Å². The lowest BCUT2D eigenvalue weighted by Crippen LogP contribution is -2.27. The standard InChI is InChI=1S/C16H17ClN2O3S/c17-12-6-4-11(5-7-12)10-23-16-18-9-13(15(20)19-16)22-14-3-1-2-8-21-14/h4-7,9,14H,1-3,8,10H2,(H,18,19,20). The number of nitrogens with zero attached hydrogens (tertiary/aromatic N) is 1. The molecule has 5 nitrogen and oxygen atoms in total. The van der Waals surface area contributed by atoms with Gasteiger partial charge in [-0.1, -0.05) is 35.5 Å². The monoisotopic (exact) mass is 352 g/mol. The first-order valence-electron chi connectivity index (χ1n) is 7.45. The fourth-order valence-electron chi connectivity index (χ4n) is 2.20. The molecule has 2 heterocycles. The predicted octanol–water partition coefficient (Wildman–Crippen LogP) is 3.62. The van der Waals surface area contributed by atoms with Gasteiger partial charge < -0.3 is 9.47 Å². The summed E-state index contributed by atoms with van der Waals surface area (Å²) in [5.41, 5.74) is 0.825. The molecule has 122 valence electrons. The summed E-state index contributed by atoms with van der Waals surface area (Å²) in [6.45, 7) is 0.672. The SMILES string of the molecule is O=c1[nH]c(SCc2ccc(Cl)cc2)ncc1OC1CCCCO1. The maximum absolute atomic E-state index is 12.1. The van der Waals surface area contributed by atoms with Crippen molar-refractivity contribution in [2.45, 2.75) is 36.5 Å². The number of rotatable bonds is 5. The lowest BCUT2D eigenvalue weighted by molar-refractivity contribution is -0.106. The fraction of sp³-hybridized carbons (Fsp3) is 0.375. The molecule has 1 aliphatic rings. The van der Waals surface area contributed by atoms with Gasteiger partial charge in [-0.3, -0.25) is 9.78 Å². The summed E-state index contributed by atoms with van der Waals surface area (Å²) in [4.78, 5) is 19.0. The van der Waals surface area contributed by atoms with Crippen LogP contribution >= 0.6 is 23.4 Å². The zero-order valence-electron chi connectivity index (χ0n) is 12.5. The minimum absolute atomic E-state index is 0.202. The zero-order valence-corrected chi connectivity index (χ0v) is 14.0. The molecule has 3 rings (SSSR count). The fourth-order valence-corrected chi connectivity index (χ4v) is 3.12. The lowest BCUT2D eigenvalue weighted by atomic mass is 10.2. The Morgan fingerprint density at radius 3 is 2.87 bits per heavy atom. The quantitative estimate of drug-likeness (QED) is 0.657. The van der Waals surface area contributed by atoms with Crippen molar-refractivity contribution in [2.75, 3.05) is 6.61 Å². The minimum atomic E-state index is -0.348. The molecule has 1 atom stereocenters. The van der Waals surface area contributed by atoms with Gasteiger partial charge in [0, 0.05) is 17.2 Å². The van der Waals surface area contributed by atoms with E-state index in [2.05, 4.69) is 9.97 Å². The minimum Gasteiger partial charge on any atom is -0.458 e. The van der Waals surface area contributed by atoms with Crippen molar-refractivity contribution in [1.82, 2.24) is 9.97 Å². The molecule has 0 spiro atoms. The summed E-state index contributed by atoms with van der Waals surface area (Å²) in [5.74, 6) is 0.902. The molecule has 1 saturated heterocycles. The number of ether oxygens (including phenoxy) is 2. The Bertz CT molecular complexity index is 699. The number of thioether (sulfide) groups is 1. The van der Waals surface area contributed by atoms with Gasteiger partial charge in [-0.2, -0.15) is 0 Å². The summed E-state index contributed by atoms with van der Waals surface area (Å²) in [6, 6.07) is 7.58. The van der Waals surface area contributed by atoms with Crippen LogP contribution in [0.4, 0.5) is 0 Å². The van der Waals surface area contributed by atoms with Crippen molar-refractivity contribution < 1.29 is 9.47 Å². The Balaban J connectivity index is 1.59. The zero-order chi connectivity index (χ0) is 16.1. The van der Waals surface area contributed by atoms with Crippen molar-refractivity contribution >= 4 is 23.4 Å². The molecule has 1 aromatic carbocycles. The Hall–Kier alpha value is -1.50. The Morgan fingerprint density at radius 1 is 1.35 bits per heavy atom. The molecular weight excluding hydrogens is 336 g/mol. The van der Waals surface area contributed by atoms with Crippen LogP contribution in [0.1, 0.15) is 24.8 Å². The highest BCUT2D eigenvalue weighted by atomic mass is 35.5. The van der Waals surface area contributed by atoms with Gasteiger partial charge in [0.25, 0.3) is 5.56 Å². The Kier molecular flexibility index (Phi) is 5.59. The number of halogens is 1. The topological polar surface area (TPSA) is 64.2 Å². The first-order chi connectivity index (χ1) is 11.2. The van der Waals surface area contributed by atoms with Crippen molar-refractivity contribution in [2.24, 2.45) is 0 Å². The molecule has 0 amide bonds. The first kappa shape index (κ1) is 16.4. The van der Waals surface area contributed by atoms with Crippen molar-refractivity contribution in [3.05, 3.63) is 51.4 Å². The van der Waals surface area contributed by atoms with Crippen molar-refractivity contribution in [3.63, 3.8) is 0 Å². The van der Waals surface area contributed by atoms with Crippen LogP contribution in [0.3, 0.4) is 0 Å². The van der Waals surface area contributed by atoms with Gasteiger partial charge in [0.1, 0.15) is 0 Å². The van der Waals surface area contributed by atoms with Crippen LogP contribution in [0.15, 0.2) is 40.4 Å². The maximum atomic E-state index is 12.1. The molecule has 7 heteroatoms. The summed E-state index contributed by atoms with van der Waals surface area (Å²) >= 11 is 7.31. The number of nitrogens with one attached hydrogen (secondary N) is 1. The van der Waals surface area contributed by atoms with Crippen LogP contribution in [-0.4, -0.2) is 22.9 Å². The van der Waals surface area contributed by atoms with Gasteiger partial charge in [-0.15, -0.1) is 0 Å². The highest BCUT2D eigenvalue weighted by Crippen LogP contribution is 2.21. The third kappa shape index (κ3) is 4.73. The van der Waals surface area contributed by atoms with Crippen LogP contribution in [0, 0.1) is 0 Å². The van der Waals surface area contributed by atoms with Gasteiger partial charge >= 0.3 is 0 Å². The van der Waals surface area contributed by atoms with Gasteiger partial charge in [0.05, 0.1) is 12.8 Å². The van der Waals surface area contributed by atoms with E-state index < -0.39 is 0 Å². The number of aromatic amines is 1. The van der Waals surface area contributed by atoms with E-state index in [1.165, 1.54) is 18.0 Å². The van der Waals surface area contributed by atoms with Crippen LogP contribution in [0.25, 0.3) is 0 Å². The molecule has 0 aliphatic carbocycles. The molecule has 2 aromatic rings. The van der Waals surface area contributed by atoms with E-state index in [0.29, 0.717) is 22.5 Å². The van der Waals surface area contributed by atoms with Crippen LogP contribution in [0.2, 0.25) is 5.02 Å². The second kappa shape index (κ2) is 7.86. The average molecular weight is 353 g/mol. The molecule has 0 bridgehead atoms. The maximum Gasteiger partial charge on any atom is 0.294 e. The van der Waals surface area contributed by atoms with Crippen LogP contribution < -0.4 is 10.3 Å². The molecular formula is C16H17ClN2O3S. The summed E-state index contributed by atoms with van der Waals surface area (Å²) in [7, 11) is 0. The highest BCUT2D eigenvalue weighted by Gasteiger charge is 2.17. The summed E-state index contributed by atoms with van der Waals surface area (Å²) < 4.78 is 11.0. The first-order valence-corrected chi connectivity index (χ1v) is 8.82. The van der Waals surface area contributed by atoms with E-state index in [0.717, 1.165) is 24.8 Å². The lowest BCUT2D eigenvalue weighted by Gasteiger charge is -2.22. The number of H-pyrrole nitrogens is 1. The third-order valence-electron chi connectivity index (χ3n) is 3.43. The average Bonchev–Trinajstić information content (AvgIpc) is 2.57. The van der Waals surface area contributed by atoms with E-state index >= 15 is 0 Å². The third-order valence-corrected chi connectivity index (χ3v) is 4.64. The van der Waals surface area contributed by atoms with E-state index in [1.54, 1.807) is 0 Å². The van der Waals surface area contributed by atoms with Gasteiger partial charge in [0.2, 0.25) is 5.75 Å². The normalized spacial score (nSPS) is 17.9. The molecule has 1 aromatic heterocycles. The molecule has 1 fully saturated rings. The molecule has 1 N–H and O–H groups in total. The van der Waals surface area contributed by atoms with Crippen LogP contribution in [0.5, 0.6) is 5.75 Å². The smallest absolute Gasteiger partial charge is 0.294 e. The highest BCUT2D eigenvalue weighted by molar-refractivity contribution is 7.98. The molecule has 0 saturated carbocycles. The van der Waals surface area contributed by atoms with Gasteiger partial charge in [-0.05, 0) is 30.5 Å². The summed E-state index contributed by atoms with van der Waals surface area (Å²) in [5, 5.41) is 1.26. The van der Waals surface area contributed by atoms with E-state index in [4.69, 9.17) is 21.1 Å². The van der Waals surface area contributed by atoms with Crippen molar-refractivity contribution in [3.8, 4) is 5.75 Å². The van der Waals surface area contributed by atoms with E-state index in [9.17, 15) is 4.79 Å².